The summed E-state index contributed by atoms with van der Waals surface area (Å²) in [5.74, 6) is 0.306. The summed E-state index contributed by atoms with van der Waals surface area (Å²) in [7, 11) is 0. The van der Waals surface area contributed by atoms with E-state index in [0.717, 1.165) is 41.8 Å². The number of aromatic amines is 1. The van der Waals surface area contributed by atoms with Gasteiger partial charge in [0.15, 0.2) is 5.69 Å². The summed E-state index contributed by atoms with van der Waals surface area (Å²) < 4.78 is 0. The van der Waals surface area contributed by atoms with Crippen molar-refractivity contribution in [3.63, 3.8) is 0 Å². The van der Waals surface area contributed by atoms with Crippen LogP contribution >= 0.6 is 0 Å². The van der Waals surface area contributed by atoms with Crippen molar-refractivity contribution in [1.29, 1.82) is 0 Å². The molecule has 1 amide bonds. The summed E-state index contributed by atoms with van der Waals surface area (Å²) in [5.41, 5.74) is 8.48. The molecule has 1 atom stereocenters. The maximum atomic E-state index is 12.6. The molecule has 2 N–H and O–H groups in total. The van der Waals surface area contributed by atoms with Gasteiger partial charge in [-0.3, -0.25) is 9.89 Å². The van der Waals surface area contributed by atoms with Gasteiger partial charge in [0, 0.05) is 11.3 Å². The predicted molar refractivity (Wildman–Crippen MR) is 104 cm³/mol. The molecule has 1 aromatic heterocycles. The number of carbonyl (C=O) groups is 1. The Bertz CT molecular complexity index is 825. The number of aromatic nitrogens is 2. The van der Waals surface area contributed by atoms with E-state index in [4.69, 9.17) is 0 Å². The lowest BCUT2D eigenvalue weighted by molar-refractivity contribution is 0.0947. The first-order chi connectivity index (χ1) is 12.3. The topological polar surface area (TPSA) is 70.1 Å². The van der Waals surface area contributed by atoms with E-state index in [1.165, 1.54) is 5.56 Å². The summed E-state index contributed by atoms with van der Waals surface area (Å²) in [6, 6.07) is 8.08. The number of nitrogens with zero attached hydrogens (tertiary/aromatic N) is 2. The maximum Gasteiger partial charge on any atom is 0.292 e. The minimum absolute atomic E-state index is 0.225. The predicted octanol–water partition coefficient (Wildman–Crippen LogP) is 4.02. The lowest BCUT2D eigenvalue weighted by Gasteiger charge is -2.33. The van der Waals surface area contributed by atoms with Gasteiger partial charge < -0.3 is 0 Å². The zero-order chi connectivity index (χ0) is 18.9. The second kappa shape index (κ2) is 7.06. The number of fused-ring (bicyclic) bond motifs is 1. The number of benzene rings is 1. The van der Waals surface area contributed by atoms with Gasteiger partial charge in [0.1, 0.15) is 0 Å². The number of rotatable bonds is 3. The van der Waals surface area contributed by atoms with E-state index in [2.05, 4.69) is 41.5 Å². The number of H-pyrrole nitrogens is 1. The fourth-order valence-corrected chi connectivity index (χ4v) is 3.47. The van der Waals surface area contributed by atoms with Gasteiger partial charge in [0.25, 0.3) is 5.91 Å². The Morgan fingerprint density at radius 2 is 1.96 bits per heavy atom. The highest BCUT2D eigenvalue weighted by Gasteiger charge is 2.32. The summed E-state index contributed by atoms with van der Waals surface area (Å²) >= 11 is 0. The van der Waals surface area contributed by atoms with Crippen LogP contribution in [0, 0.1) is 18.3 Å². The minimum atomic E-state index is -0.247. The van der Waals surface area contributed by atoms with Crippen LogP contribution in [0.2, 0.25) is 0 Å². The number of hydrazone groups is 1. The number of carbonyl (C=O) groups excluding carboxylic acids is 1. The Morgan fingerprint density at radius 1 is 1.27 bits per heavy atom. The normalized spacial score (nSPS) is 17.7. The van der Waals surface area contributed by atoms with Crippen molar-refractivity contribution >= 4 is 11.6 Å². The number of hydrogen-bond acceptors (Lipinski definition) is 3. The molecule has 138 valence electrons. The quantitative estimate of drug-likeness (QED) is 0.647. The van der Waals surface area contributed by atoms with Crippen molar-refractivity contribution in [2.24, 2.45) is 16.4 Å². The molecule has 26 heavy (non-hydrogen) atoms. The summed E-state index contributed by atoms with van der Waals surface area (Å²) in [6.45, 7) is 10.7. The first-order valence-corrected chi connectivity index (χ1v) is 9.23. The van der Waals surface area contributed by atoms with Crippen LogP contribution in [0.1, 0.15) is 67.0 Å². The SMILES string of the molecule is C/C(=N/NC(=O)c1n[nH]c2c1C[C@@H](C(C)(C)C)CC2)c1ccc(C)cc1. The second-order valence-corrected chi connectivity index (χ2v) is 8.34. The van der Waals surface area contributed by atoms with E-state index < -0.39 is 0 Å². The van der Waals surface area contributed by atoms with Gasteiger partial charge in [-0.15, -0.1) is 0 Å². The van der Waals surface area contributed by atoms with Crippen LogP contribution in [0.25, 0.3) is 0 Å². The lowest BCUT2D eigenvalue weighted by atomic mass is 9.71. The first-order valence-electron chi connectivity index (χ1n) is 9.23. The molecule has 0 spiro atoms. The highest BCUT2D eigenvalue weighted by atomic mass is 16.2. The Balaban J connectivity index is 1.74. The largest absolute Gasteiger partial charge is 0.292 e. The Morgan fingerprint density at radius 3 is 2.62 bits per heavy atom. The number of nitrogens with one attached hydrogen (secondary N) is 2. The number of amides is 1. The number of hydrogen-bond donors (Lipinski definition) is 2. The van der Waals surface area contributed by atoms with Gasteiger partial charge in [0.2, 0.25) is 0 Å². The fourth-order valence-electron chi connectivity index (χ4n) is 3.47. The van der Waals surface area contributed by atoms with Gasteiger partial charge >= 0.3 is 0 Å². The molecule has 2 aromatic rings. The van der Waals surface area contributed by atoms with Gasteiger partial charge in [-0.05, 0) is 50.0 Å². The minimum Gasteiger partial charge on any atom is -0.281 e. The summed E-state index contributed by atoms with van der Waals surface area (Å²) in [4.78, 5) is 12.6. The third kappa shape index (κ3) is 3.87. The highest BCUT2D eigenvalue weighted by Crippen LogP contribution is 2.37. The zero-order valence-electron chi connectivity index (χ0n) is 16.3. The van der Waals surface area contributed by atoms with Crippen LogP contribution in [0.4, 0.5) is 0 Å². The third-order valence-corrected chi connectivity index (χ3v) is 5.38. The second-order valence-electron chi connectivity index (χ2n) is 8.34. The average molecular weight is 352 g/mol. The monoisotopic (exact) mass is 352 g/mol. The van der Waals surface area contributed by atoms with E-state index in [-0.39, 0.29) is 11.3 Å². The third-order valence-electron chi connectivity index (χ3n) is 5.38. The highest BCUT2D eigenvalue weighted by molar-refractivity contribution is 6.00. The first kappa shape index (κ1) is 18.4. The smallest absolute Gasteiger partial charge is 0.281 e. The van der Waals surface area contributed by atoms with Gasteiger partial charge in [-0.1, -0.05) is 50.6 Å². The molecule has 0 unspecified atom stereocenters. The standard InChI is InChI=1S/C21H28N4O/c1-13-6-8-15(9-7-13)14(2)22-25-20(26)19-17-12-16(21(3,4)5)10-11-18(17)23-24-19/h6-9,16H,10-12H2,1-5H3,(H,23,24)(H,25,26)/b22-14-/t16-/m0/s1. The maximum absolute atomic E-state index is 12.6. The molecule has 0 saturated heterocycles. The van der Waals surface area contributed by atoms with E-state index in [0.29, 0.717) is 11.6 Å². The fraction of sp³-hybridized carbons (Fsp3) is 0.476. The molecule has 0 saturated carbocycles. The molecule has 0 fully saturated rings. The van der Waals surface area contributed by atoms with Gasteiger partial charge in [-0.25, -0.2) is 5.43 Å². The molecule has 1 heterocycles. The molecule has 0 bridgehead atoms. The van der Waals surface area contributed by atoms with Gasteiger partial charge in [-0.2, -0.15) is 10.2 Å². The van der Waals surface area contributed by atoms with Crippen molar-refractivity contribution in [2.45, 2.75) is 53.9 Å². The van der Waals surface area contributed by atoms with Crippen molar-refractivity contribution in [2.75, 3.05) is 0 Å². The molecular weight excluding hydrogens is 324 g/mol. The molecule has 1 aliphatic rings. The average Bonchev–Trinajstić information content (AvgIpc) is 3.02. The van der Waals surface area contributed by atoms with Crippen LogP contribution in [-0.4, -0.2) is 21.8 Å². The molecule has 5 nitrogen and oxygen atoms in total. The zero-order valence-corrected chi connectivity index (χ0v) is 16.3. The van der Waals surface area contributed by atoms with Crippen molar-refractivity contribution in [1.82, 2.24) is 15.6 Å². The van der Waals surface area contributed by atoms with Crippen molar-refractivity contribution in [3.05, 3.63) is 52.3 Å². The lowest BCUT2D eigenvalue weighted by Crippen LogP contribution is -2.28. The van der Waals surface area contributed by atoms with Gasteiger partial charge in [0.05, 0.1) is 5.71 Å². The summed E-state index contributed by atoms with van der Waals surface area (Å²) in [5, 5.41) is 11.6. The molecule has 5 heteroatoms. The summed E-state index contributed by atoms with van der Waals surface area (Å²) in [6.07, 6.45) is 2.96. The van der Waals surface area contributed by atoms with Crippen molar-refractivity contribution < 1.29 is 4.79 Å². The van der Waals surface area contributed by atoms with Crippen LogP contribution in [0.5, 0.6) is 0 Å². The Kier molecular flexibility index (Phi) is 4.99. The van der Waals surface area contributed by atoms with Crippen LogP contribution in [-0.2, 0) is 12.8 Å². The molecular formula is C21H28N4O. The van der Waals surface area contributed by atoms with Crippen LogP contribution < -0.4 is 5.43 Å². The van der Waals surface area contributed by atoms with E-state index in [1.807, 2.05) is 38.1 Å². The van der Waals surface area contributed by atoms with E-state index in [9.17, 15) is 4.79 Å². The number of aryl methyl sites for hydroxylation is 2. The van der Waals surface area contributed by atoms with Crippen molar-refractivity contribution in [3.8, 4) is 0 Å². The molecule has 1 aliphatic carbocycles. The Labute approximate surface area is 155 Å². The Hall–Kier alpha value is -2.43. The molecule has 3 rings (SSSR count). The molecule has 0 aliphatic heterocycles. The molecule has 1 aromatic carbocycles. The van der Waals surface area contributed by atoms with Crippen LogP contribution in [0.3, 0.4) is 0 Å². The van der Waals surface area contributed by atoms with E-state index in [1.54, 1.807) is 0 Å². The van der Waals surface area contributed by atoms with Crippen LogP contribution in [0.15, 0.2) is 29.4 Å². The molecule has 0 radical (unpaired) electrons. The van der Waals surface area contributed by atoms with E-state index >= 15 is 0 Å².